The second-order valence-electron chi connectivity index (χ2n) is 7.65. The molecule has 0 saturated carbocycles. The Morgan fingerprint density at radius 3 is 1.74 bits per heavy atom. The quantitative estimate of drug-likeness (QED) is 0.350. The van der Waals surface area contributed by atoms with Crippen molar-refractivity contribution in [2.24, 2.45) is 0 Å². The third kappa shape index (κ3) is 4.96. The average Bonchev–Trinajstić information content (AvgIpc) is 2.76. The number of fused-ring (bicyclic) bond motifs is 2. The molecule has 0 aliphatic heterocycles. The van der Waals surface area contributed by atoms with Gasteiger partial charge in [-0.25, -0.2) is 0 Å². The fourth-order valence-corrected chi connectivity index (χ4v) is 4.36. The van der Waals surface area contributed by atoms with Gasteiger partial charge in [-0.05, 0) is 44.2 Å². The molecule has 0 aliphatic rings. The van der Waals surface area contributed by atoms with Gasteiger partial charge >= 0.3 is 0 Å². The molecule has 0 fully saturated rings. The minimum absolute atomic E-state index is 0.197. The van der Waals surface area contributed by atoms with Crippen LogP contribution in [0, 0.1) is 0 Å². The fraction of sp³-hybridized carbons (Fsp3) is 0.231. The molecule has 2 N–H and O–H groups in total. The van der Waals surface area contributed by atoms with Crippen LogP contribution in [-0.4, -0.2) is 35.6 Å². The van der Waals surface area contributed by atoms with E-state index in [0.717, 1.165) is 42.8 Å². The Morgan fingerprint density at radius 1 is 0.645 bits per heavy atom. The lowest BCUT2D eigenvalue weighted by molar-refractivity contribution is 0.123. The van der Waals surface area contributed by atoms with Crippen LogP contribution in [0.3, 0.4) is 0 Å². The van der Waals surface area contributed by atoms with Crippen LogP contribution in [0.25, 0.3) is 21.5 Å². The second kappa shape index (κ2) is 9.60. The maximum absolute atomic E-state index is 9.83. The van der Waals surface area contributed by atoms with Gasteiger partial charge in [0.2, 0.25) is 0 Å². The number of aliphatic hydroxyl groups is 2. The van der Waals surface area contributed by atoms with Gasteiger partial charge in [0.1, 0.15) is 24.7 Å². The van der Waals surface area contributed by atoms with E-state index in [9.17, 15) is 10.2 Å². The summed E-state index contributed by atoms with van der Waals surface area (Å²) >= 11 is 1.68. The van der Waals surface area contributed by atoms with Crippen LogP contribution >= 0.6 is 11.8 Å². The van der Waals surface area contributed by atoms with Crippen molar-refractivity contribution in [2.45, 2.75) is 35.8 Å². The lowest BCUT2D eigenvalue weighted by atomic mass is 10.0. The molecule has 4 aromatic carbocycles. The Hall–Kier alpha value is -2.73. The van der Waals surface area contributed by atoms with Gasteiger partial charge in [-0.2, -0.15) is 0 Å². The molecule has 31 heavy (non-hydrogen) atoms. The number of hydrogen-bond acceptors (Lipinski definition) is 5. The van der Waals surface area contributed by atoms with E-state index in [-0.39, 0.29) is 13.2 Å². The number of hydrogen-bond donors (Lipinski definition) is 2. The molecular weight excluding hydrogens is 408 g/mol. The third-order valence-corrected chi connectivity index (χ3v) is 5.81. The molecule has 0 heterocycles. The Balaban J connectivity index is 1.90. The van der Waals surface area contributed by atoms with E-state index in [1.54, 1.807) is 25.6 Å². The fourth-order valence-electron chi connectivity index (χ4n) is 3.49. The number of ether oxygens (including phenoxy) is 2. The van der Waals surface area contributed by atoms with Crippen molar-refractivity contribution in [1.29, 1.82) is 0 Å². The summed E-state index contributed by atoms with van der Waals surface area (Å²) in [5.74, 6) is 1.46. The van der Waals surface area contributed by atoms with Crippen molar-refractivity contribution in [1.82, 2.24) is 0 Å². The van der Waals surface area contributed by atoms with Crippen LogP contribution < -0.4 is 9.47 Å². The van der Waals surface area contributed by atoms with E-state index >= 15 is 0 Å². The minimum Gasteiger partial charge on any atom is -0.490 e. The van der Waals surface area contributed by atoms with Crippen LogP contribution in [0.5, 0.6) is 11.5 Å². The molecule has 0 aliphatic carbocycles. The summed E-state index contributed by atoms with van der Waals surface area (Å²) in [6.07, 6.45) is -1.16. The molecule has 4 aromatic rings. The molecule has 160 valence electrons. The zero-order chi connectivity index (χ0) is 21.8. The van der Waals surface area contributed by atoms with Gasteiger partial charge in [-0.15, -0.1) is 0 Å². The number of aliphatic hydroxyl groups excluding tert-OH is 2. The van der Waals surface area contributed by atoms with E-state index in [1.807, 2.05) is 48.5 Å². The lowest BCUT2D eigenvalue weighted by Gasteiger charge is -2.19. The molecule has 5 heteroatoms. The molecular formula is C26H26O4S. The summed E-state index contributed by atoms with van der Waals surface area (Å²) in [7, 11) is 0. The van der Waals surface area contributed by atoms with Crippen LogP contribution in [0.1, 0.15) is 13.8 Å². The number of rotatable bonds is 8. The van der Waals surface area contributed by atoms with Crippen molar-refractivity contribution in [3.8, 4) is 11.5 Å². The molecule has 0 aromatic heterocycles. The van der Waals surface area contributed by atoms with Crippen LogP contribution in [0.4, 0.5) is 0 Å². The van der Waals surface area contributed by atoms with Crippen molar-refractivity contribution in [3.63, 3.8) is 0 Å². The van der Waals surface area contributed by atoms with Crippen molar-refractivity contribution < 1.29 is 19.7 Å². The Morgan fingerprint density at radius 2 is 1.16 bits per heavy atom. The predicted molar refractivity (Wildman–Crippen MR) is 126 cm³/mol. The Kier molecular flexibility index (Phi) is 6.66. The highest BCUT2D eigenvalue weighted by Crippen LogP contribution is 2.44. The summed E-state index contributed by atoms with van der Waals surface area (Å²) < 4.78 is 12.2. The zero-order valence-corrected chi connectivity index (χ0v) is 18.4. The molecule has 0 saturated heterocycles. The minimum atomic E-state index is -0.582. The largest absolute Gasteiger partial charge is 0.490 e. The molecule has 0 spiro atoms. The molecule has 4 rings (SSSR count). The molecule has 0 radical (unpaired) electrons. The normalized spacial score (nSPS) is 13.3. The van der Waals surface area contributed by atoms with Crippen LogP contribution in [-0.2, 0) is 0 Å². The smallest absolute Gasteiger partial charge is 0.135 e. The zero-order valence-electron chi connectivity index (χ0n) is 17.6. The molecule has 0 amide bonds. The van der Waals surface area contributed by atoms with Gasteiger partial charge in [0.25, 0.3) is 0 Å². The van der Waals surface area contributed by atoms with E-state index in [2.05, 4.69) is 24.3 Å². The highest BCUT2D eigenvalue weighted by Gasteiger charge is 2.18. The van der Waals surface area contributed by atoms with Gasteiger partial charge in [0.05, 0.1) is 12.2 Å². The highest BCUT2D eigenvalue weighted by atomic mass is 32.2. The summed E-state index contributed by atoms with van der Waals surface area (Å²) in [4.78, 5) is 2.23. The van der Waals surface area contributed by atoms with Crippen LogP contribution in [0.2, 0.25) is 0 Å². The summed E-state index contributed by atoms with van der Waals surface area (Å²) in [6, 6.07) is 24.3. The molecule has 2 unspecified atom stereocenters. The Labute approximate surface area is 186 Å². The highest BCUT2D eigenvalue weighted by molar-refractivity contribution is 7.99. The SMILES string of the molecule is CC(O)COc1c2ccccc2c(OCC(C)O)c2cc(Sc3ccccc3)ccc12. The maximum atomic E-state index is 9.83. The van der Waals surface area contributed by atoms with Gasteiger partial charge in [-0.1, -0.05) is 54.2 Å². The number of benzene rings is 4. The molecule has 0 bridgehead atoms. The van der Waals surface area contributed by atoms with E-state index < -0.39 is 12.2 Å². The first-order chi connectivity index (χ1) is 15.0. The monoisotopic (exact) mass is 434 g/mol. The Bertz CT molecular complexity index is 1170. The van der Waals surface area contributed by atoms with E-state index in [0.29, 0.717) is 0 Å². The van der Waals surface area contributed by atoms with Crippen LogP contribution in [0.15, 0.2) is 82.6 Å². The first kappa shape index (κ1) is 21.5. The topological polar surface area (TPSA) is 58.9 Å². The van der Waals surface area contributed by atoms with E-state index in [4.69, 9.17) is 9.47 Å². The first-order valence-electron chi connectivity index (χ1n) is 10.4. The first-order valence-corrected chi connectivity index (χ1v) is 11.2. The van der Waals surface area contributed by atoms with Gasteiger partial charge < -0.3 is 19.7 Å². The third-order valence-electron chi connectivity index (χ3n) is 4.81. The van der Waals surface area contributed by atoms with Gasteiger partial charge in [0, 0.05) is 31.3 Å². The second-order valence-corrected chi connectivity index (χ2v) is 8.79. The average molecular weight is 435 g/mol. The summed E-state index contributed by atoms with van der Waals surface area (Å²) in [5, 5.41) is 23.3. The lowest BCUT2D eigenvalue weighted by Crippen LogP contribution is -2.14. The van der Waals surface area contributed by atoms with E-state index in [1.165, 1.54) is 0 Å². The standard InChI is InChI=1S/C26H26O4S/c1-17(27)15-29-25-21-10-6-7-11-22(21)26(30-16-18(2)28)24-14-20(12-13-23(24)25)31-19-8-4-3-5-9-19/h3-14,17-18,27-28H,15-16H2,1-2H3. The summed E-state index contributed by atoms with van der Waals surface area (Å²) in [6.45, 7) is 3.82. The maximum Gasteiger partial charge on any atom is 0.135 e. The molecule has 2 atom stereocenters. The van der Waals surface area contributed by atoms with Crippen molar-refractivity contribution in [2.75, 3.05) is 13.2 Å². The van der Waals surface area contributed by atoms with Gasteiger partial charge in [-0.3, -0.25) is 0 Å². The predicted octanol–water partition coefficient (Wildman–Crippen LogP) is 5.66. The van der Waals surface area contributed by atoms with Crippen molar-refractivity contribution >= 4 is 33.3 Å². The van der Waals surface area contributed by atoms with Gasteiger partial charge in [0.15, 0.2) is 0 Å². The molecule has 4 nitrogen and oxygen atoms in total. The van der Waals surface area contributed by atoms with Crippen molar-refractivity contribution in [3.05, 3.63) is 72.8 Å². The summed E-state index contributed by atoms with van der Waals surface area (Å²) in [5.41, 5.74) is 0.